The number of aromatic hydroxyl groups is 2. The molecule has 0 radical (unpaired) electrons. The Balaban J connectivity index is 2.57. The lowest BCUT2D eigenvalue weighted by atomic mass is 9.98. The Labute approximate surface area is 119 Å². The summed E-state index contributed by atoms with van der Waals surface area (Å²) in [6.45, 7) is 3.98. The lowest BCUT2D eigenvalue weighted by Crippen LogP contribution is -2.05. The number of rotatable bonds is 1. The van der Waals surface area contributed by atoms with E-state index in [1.807, 2.05) is 13.8 Å². The molecule has 1 heterocycles. The molecule has 0 aliphatic rings. The molecule has 0 saturated heterocycles. The number of phenolic OH excluding ortho intramolecular Hbond substituents is 2. The predicted octanol–water partition coefficient (Wildman–Crippen LogP) is 3.95. The van der Waals surface area contributed by atoms with E-state index in [9.17, 15) is 15.0 Å². The first kappa shape index (κ1) is 12.9. The minimum Gasteiger partial charge on any atom is -0.508 e. The zero-order valence-corrected chi connectivity index (χ0v) is 12.0. The first-order chi connectivity index (χ1) is 9.47. The van der Waals surface area contributed by atoms with Gasteiger partial charge in [-0.15, -0.1) is 11.3 Å². The SMILES string of the molecule is CC(C)c1cc(O)cc2sc3ccc(O)cc3c(=O)c12. The van der Waals surface area contributed by atoms with Crippen molar-refractivity contribution in [1.82, 2.24) is 0 Å². The second-order valence-electron chi connectivity index (χ2n) is 5.17. The lowest BCUT2D eigenvalue weighted by Gasteiger charge is -2.11. The minimum atomic E-state index is -0.0895. The Bertz CT molecular complexity index is 878. The molecule has 0 amide bonds. The third-order valence-electron chi connectivity index (χ3n) is 3.39. The topological polar surface area (TPSA) is 57.5 Å². The Kier molecular flexibility index (Phi) is 2.91. The summed E-state index contributed by atoms with van der Waals surface area (Å²) in [5.74, 6) is 0.403. The first-order valence-corrected chi connectivity index (χ1v) is 7.21. The molecule has 0 fully saturated rings. The molecule has 102 valence electrons. The Hall–Kier alpha value is -2.07. The monoisotopic (exact) mass is 286 g/mol. The van der Waals surface area contributed by atoms with Crippen LogP contribution in [0.15, 0.2) is 35.1 Å². The van der Waals surface area contributed by atoms with Crippen molar-refractivity contribution in [3.05, 3.63) is 46.1 Å². The molecule has 0 spiro atoms. The molecule has 0 aliphatic carbocycles. The maximum atomic E-state index is 12.7. The van der Waals surface area contributed by atoms with Crippen molar-refractivity contribution in [2.24, 2.45) is 0 Å². The molecule has 0 aliphatic heterocycles. The van der Waals surface area contributed by atoms with Gasteiger partial charge in [0.2, 0.25) is 0 Å². The largest absolute Gasteiger partial charge is 0.508 e. The van der Waals surface area contributed by atoms with Crippen LogP contribution in [-0.2, 0) is 0 Å². The van der Waals surface area contributed by atoms with Gasteiger partial charge in [-0.05, 0) is 41.8 Å². The van der Waals surface area contributed by atoms with Gasteiger partial charge in [-0.25, -0.2) is 0 Å². The van der Waals surface area contributed by atoms with Crippen LogP contribution in [0.25, 0.3) is 20.2 Å². The zero-order valence-electron chi connectivity index (χ0n) is 11.2. The zero-order chi connectivity index (χ0) is 14.4. The summed E-state index contributed by atoms with van der Waals surface area (Å²) in [7, 11) is 0. The molecule has 2 N–H and O–H groups in total. The van der Waals surface area contributed by atoms with E-state index in [0.29, 0.717) is 10.8 Å². The summed E-state index contributed by atoms with van der Waals surface area (Å²) in [5, 5.41) is 20.6. The number of hydrogen-bond donors (Lipinski definition) is 2. The van der Waals surface area contributed by atoms with Crippen LogP contribution in [0.1, 0.15) is 25.3 Å². The average molecular weight is 286 g/mol. The first-order valence-electron chi connectivity index (χ1n) is 6.40. The van der Waals surface area contributed by atoms with Crippen molar-refractivity contribution < 1.29 is 10.2 Å². The van der Waals surface area contributed by atoms with Crippen LogP contribution in [0.5, 0.6) is 11.5 Å². The van der Waals surface area contributed by atoms with E-state index >= 15 is 0 Å². The van der Waals surface area contributed by atoms with Crippen molar-refractivity contribution in [2.75, 3.05) is 0 Å². The normalized spacial score (nSPS) is 11.6. The molecule has 3 rings (SSSR count). The third kappa shape index (κ3) is 1.93. The van der Waals surface area contributed by atoms with E-state index in [0.717, 1.165) is 15.0 Å². The molecule has 0 atom stereocenters. The molecule has 0 saturated carbocycles. The quantitative estimate of drug-likeness (QED) is 0.666. The summed E-state index contributed by atoms with van der Waals surface area (Å²) in [5.41, 5.74) is 0.750. The summed E-state index contributed by atoms with van der Waals surface area (Å²) in [6, 6.07) is 8.07. The molecule has 3 aromatic rings. The van der Waals surface area contributed by atoms with Gasteiger partial charge in [-0.3, -0.25) is 4.79 Å². The molecule has 0 unspecified atom stereocenters. The summed E-state index contributed by atoms with van der Waals surface area (Å²) in [4.78, 5) is 12.7. The van der Waals surface area contributed by atoms with Crippen LogP contribution in [0.2, 0.25) is 0 Å². The number of hydrogen-bond acceptors (Lipinski definition) is 4. The third-order valence-corrected chi connectivity index (χ3v) is 4.51. The molecular weight excluding hydrogens is 272 g/mol. The minimum absolute atomic E-state index is 0.0889. The second kappa shape index (κ2) is 4.49. The molecule has 2 aromatic carbocycles. The fourth-order valence-corrected chi connectivity index (χ4v) is 3.57. The van der Waals surface area contributed by atoms with E-state index < -0.39 is 0 Å². The maximum Gasteiger partial charge on any atom is 0.196 e. The van der Waals surface area contributed by atoms with Gasteiger partial charge < -0.3 is 10.2 Å². The summed E-state index contributed by atoms with van der Waals surface area (Å²) < 4.78 is 1.58. The highest BCUT2D eigenvalue weighted by atomic mass is 32.1. The fourth-order valence-electron chi connectivity index (χ4n) is 2.44. The van der Waals surface area contributed by atoms with E-state index in [1.165, 1.54) is 17.4 Å². The summed E-state index contributed by atoms with van der Waals surface area (Å²) >= 11 is 1.45. The van der Waals surface area contributed by atoms with Crippen LogP contribution in [-0.4, -0.2) is 10.2 Å². The summed E-state index contributed by atoms with van der Waals surface area (Å²) in [6.07, 6.45) is 0. The molecular formula is C16H14O3S. The van der Waals surface area contributed by atoms with Crippen molar-refractivity contribution in [2.45, 2.75) is 19.8 Å². The fraction of sp³-hybridized carbons (Fsp3) is 0.188. The van der Waals surface area contributed by atoms with Crippen LogP contribution < -0.4 is 5.43 Å². The molecule has 4 heteroatoms. The van der Waals surface area contributed by atoms with Crippen LogP contribution in [0.4, 0.5) is 0 Å². The molecule has 0 bridgehead atoms. The van der Waals surface area contributed by atoms with E-state index in [4.69, 9.17) is 0 Å². The molecule has 3 nitrogen and oxygen atoms in total. The maximum absolute atomic E-state index is 12.7. The van der Waals surface area contributed by atoms with Crippen LogP contribution in [0, 0.1) is 0 Å². The smallest absolute Gasteiger partial charge is 0.196 e. The average Bonchev–Trinajstić information content (AvgIpc) is 2.38. The highest BCUT2D eigenvalue weighted by Gasteiger charge is 2.14. The van der Waals surface area contributed by atoms with Crippen molar-refractivity contribution in [3.8, 4) is 11.5 Å². The Morgan fingerprint density at radius 2 is 1.75 bits per heavy atom. The van der Waals surface area contributed by atoms with Gasteiger partial charge in [-0.2, -0.15) is 0 Å². The van der Waals surface area contributed by atoms with E-state index in [2.05, 4.69) is 0 Å². The van der Waals surface area contributed by atoms with Crippen LogP contribution in [0.3, 0.4) is 0 Å². The van der Waals surface area contributed by atoms with Gasteiger partial charge in [0.05, 0.1) is 0 Å². The van der Waals surface area contributed by atoms with Gasteiger partial charge in [0, 0.05) is 20.2 Å². The van der Waals surface area contributed by atoms with Gasteiger partial charge in [0.1, 0.15) is 11.5 Å². The highest BCUT2D eigenvalue weighted by molar-refractivity contribution is 7.24. The van der Waals surface area contributed by atoms with Gasteiger partial charge >= 0.3 is 0 Å². The molecule has 1 aromatic heterocycles. The number of fused-ring (bicyclic) bond motifs is 2. The lowest BCUT2D eigenvalue weighted by molar-refractivity contribution is 0.475. The number of benzene rings is 2. The van der Waals surface area contributed by atoms with Gasteiger partial charge in [0.15, 0.2) is 5.43 Å². The van der Waals surface area contributed by atoms with Crippen molar-refractivity contribution >= 4 is 31.5 Å². The van der Waals surface area contributed by atoms with Crippen LogP contribution >= 0.6 is 11.3 Å². The second-order valence-corrected chi connectivity index (χ2v) is 6.26. The highest BCUT2D eigenvalue weighted by Crippen LogP contribution is 2.33. The standard InChI is InChI=1S/C16H14O3S/c1-8(2)11-6-10(18)7-14-15(11)16(19)12-5-9(17)3-4-13(12)20-14/h3-8,17-18H,1-2H3. The molecule has 20 heavy (non-hydrogen) atoms. The Morgan fingerprint density at radius 3 is 2.45 bits per heavy atom. The predicted molar refractivity (Wildman–Crippen MR) is 83.0 cm³/mol. The number of phenols is 2. The van der Waals surface area contributed by atoms with E-state index in [-0.39, 0.29) is 22.8 Å². The van der Waals surface area contributed by atoms with E-state index in [1.54, 1.807) is 24.3 Å². The van der Waals surface area contributed by atoms with Crippen molar-refractivity contribution in [1.29, 1.82) is 0 Å². The van der Waals surface area contributed by atoms with Crippen molar-refractivity contribution in [3.63, 3.8) is 0 Å². The van der Waals surface area contributed by atoms with Gasteiger partial charge in [-0.1, -0.05) is 13.8 Å². The Morgan fingerprint density at radius 1 is 1.00 bits per heavy atom. The van der Waals surface area contributed by atoms with Gasteiger partial charge in [0.25, 0.3) is 0 Å².